The van der Waals surface area contributed by atoms with E-state index in [2.05, 4.69) is 13.8 Å². The molecule has 1 heterocycles. The number of ether oxygens (including phenoxy) is 4. The van der Waals surface area contributed by atoms with Crippen molar-refractivity contribution >= 4 is 5.97 Å². The molecule has 1 aromatic rings. The van der Waals surface area contributed by atoms with Gasteiger partial charge in [-0.3, -0.25) is 4.79 Å². The lowest BCUT2D eigenvalue weighted by atomic mass is 9.99. The molecule has 4 N–H and O–H groups in total. The van der Waals surface area contributed by atoms with Gasteiger partial charge < -0.3 is 39.4 Å². The van der Waals surface area contributed by atoms with Crippen LogP contribution in [-0.2, 0) is 20.9 Å². The highest BCUT2D eigenvalue weighted by atomic mass is 16.7. The highest BCUT2D eigenvalue weighted by molar-refractivity contribution is 5.69. The highest BCUT2D eigenvalue weighted by Gasteiger charge is 2.44. The average molecular weight is 471 g/mol. The van der Waals surface area contributed by atoms with Gasteiger partial charge in [0.05, 0.1) is 13.7 Å². The van der Waals surface area contributed by atoms with E-state index in [9.17, 15) is 25.2 Å². The number of methoxy groups -OCH3 is 1. The minimum Gasteiger partial charge on any atom is -0.493 e. The van der Waals surface area contributed by atoms with Crippen molar-refractivity contribution in [1.29, 1.82) is 0 Å². The van der Waals surface area contributed by atoms with Gasteiger partial charge in [0.25, 0.3) is 0 Å². The molecule has 0 bridgehead atoms. The fourth-order valence-corrected chi connectivity index (χ4v) is 3.60. The summed E-state index contributed by atoms with van der Waals surface area (Å²) in [5.41, 5.74) is 0.693. The Balaban J connectivity index is 1.84. The lowest BCUT2D eigenvalue weighted by molar-refractivity contribution is -0.277. The van der Waals surface area contributed by atoms with E-state index in [1.54, 1.807) is 18.2 Å². The number of carbonyl (C=O) groups excluding carboxylic acids is 1. The molecule has 0 amide bonds. The zero-order valence-electron chi connectivity index (χ0n) is 19.7. The molecule has 5 atom stereocenters. The van der Waals surface area contributed by atoms with Crippen molar-refractivity contribution in [3.05, 3.63) is 23.8 Å². The van der Waals surface area contributed by atoms with Gasteiger partial charge in [-0.15, -0.1) is 0 Å². The summed E-state index contributed by atoms with van der Waals surface area (Å²) < 4.78 is 21.7. The van der Waals surface area contributed by atoms with Crippen LogP contribution < -0.4 is 9.47 Å². The first kappa shape index (κ1) is 27.3. The van der Waals surface area contributed by atoms with Crippen LogP contribution in [0.15, 0.2) is 18.2 Å². The Labute approximate surface area is 195 Å². The second-order valence-electron chi connectivity index (χ2n) is 8.81. The molecule has 0 unspecified atom stereocenters. The average Bonchev–Trinajstić information content (AvgIpc) is 2.80. The van der Waals surface area contributed by atoms with Crippen LogP contribution in [0.25, 0.3) is 0 Å². The maximum Gasteiger partial charge on any atom is 0.306 e. The smallest absolute Gasteiger partial charge is 0.306 e. The number of hydrogen-bond donors (Lipinski definition) is 4. The van der Waals surface area contributed by atoms with Crippen LogP contribution in [0.2, 0.25) is 0 Å². The Kier molecular flexibility index (Phi) is 11.4. The topological polar surface area (TPSA) is 135 Å². The molecule has 188 valence electrons. The maximum absolute atomic E-state index is 12.0. The van der Waals surface area contributed by atoms with Crippen LogP contribution in [0.1, 0.15) is 57.9 Å². The molecule has 9 nitrogen and oxygen atoms in total. The number of benzene rings is 1. The summed E-state index contributed by atoms with van der Waals surface area (Å²) >= 11 is 0. The number of aliphatic hydroxyl groups excluding tert-OH is 4. The Morgan fingerprint density at radius 3 is 2.42 bits per heavy atom. The minimum atomic E-state index is -1.54. The Bertz CT molecular complexity index is 722. The van der Waals surface area contributed by atoms with Crippen molar-refractivity contribution in [3.8, 4) is 11.5 Å². The molecule has 0 radical (unpaired) electrons. The van der Waals surface area contributed by atoms with Gasteiger partial charge in [-0.05, 0) is 30.0 Å². The predicted octanol–water partition coefficient (Wildman–Crippen LogP) is 1.91. The summed E-state index contributed by atoms with van der Waals surface area (Å²) in [6, 6.07) is 4.89. The molecule has 1 saturated heterocycles. The zero-order chi connectivity index (χ0) is 24.4. The first-order valence-electron chi connectivity index (χ1n) is 11.6. The molecule has 0 saturated carbocycles. The lowest BCUT2D eigenvalue weighted by Gasteiger charge is -2.39. The summed E-state index contributed by atoms with van der Waals surface area (Å²) in [5.74, 6) is 0.990. The molecular weight excluding hydrogens is 432 g/mol. The third-order valence-corrected chi connectivity index (χ3v) is 5.63. The number of aliphatic hydroxyl groups is 4. The number of esters is 1. The SMILES string of the molecule is COc1cc(COC(=O)CCCCCCC(C)C)ccc1O[C@@H]1O[C@H](CO)[C@@H](O)[C@H](O)[C@H]1O. The first-order valence-corrected chi connectivity index (χ1v) is 11.6. The Hall–Kier alpha value is -1.91. The molecule has 0 aromatic heterocycles. The second-order valence-corrected chi connectivity index (χ2v) is 8.81. The molecular formula is C24H38O9. The third kappa shape index (κ3) is 8.42. The fraction of sp³-hybridized carbons (Fsp3) is 0.708. The van der Waals surface area contributed by atoms with Crippen molar-refractivity contribution in [2.75, 3.05) is 13.7 Å². The van der Waals surface area contributed by atoms with Crippen molar-refractivity contribution in [2.45, 2.75) is 89.7 Å². The van der Waals surface area contributed by atoms with E-state index in [0.29, 0.717) is 23.7 Å². The molecule has 0 aliphatic carbocycles. The molecule has 33 heavy (non-hydrogen) atoms. The third-order valence-electron chi connectivity index (χ3n) is 5.63. The van der Waals surface area contributed by atoms with Crippen LogP contribution in [-0.4, -0.2) is 70.8 Å². The molecule has 1 fully saturated rings. The minimum absolute atomic E-state index is 0.0862. The zero-order valence-corrected chi connectivity index (χ0v) is 19.7. The number of hydrogen-bond acceptors (Lipinski definition) is 9. The van der Waals surface area contributed by atoms with Crippen molar-refractivity contribution < 1.29 is 44.2 Å². The van der Waals surface area contributed by atoms with E-state index in [1.807, 2.05) is 0 Å². The van der Waals surface area contributed by atoms with E-state index in [1.165, 1.54) is 20.0 Å². The van der Waals surface area contributed by atoms with E-state index >= 15 is 0 Å². The summed E-state index contributed by atoms with van der Waals surface area (Å²) in [6.07, 6.45) is -1.21. The van der Waals surface area contributed by atoms with Gasteiger partial charge >= 0.3 is 5.97 Å². The summed E-state index contributed by atoms with van der Waals surface area (Å²) in [4.78, 5) is 12.0. The van der Waals surface area contributed by atoms with Crippen LogP contribution in [0.5, 0.6) is 11.5 Å². The summed E-state index contributed by atoms with van der Waals surface area (Å²) in [6.45, 7) is 3.95. The van der Waals surface area contributed by atoms with Gasteiger partial charge in [-0.2, -0.15) is 0 Å². The van der Waals surface area contributed by atoms with Crippen molar-refractivity contribution in [3.63, 3.8) is 0 Å². The fourth-order valence-electron chi connectivity index (χ4n) is 3.60. The van der Waals surface area contributed by atoms with Gasteiger partial charge in [0, 0.05) is 6.42 Å². The normalized spacial score (nSPS) is 25.2. The lowest BCUT2D eigenvalue weighted by Crippen LogP contribution is -2.60. The van der Waals surface area contributed by atoms with Crippen LogP contribution >= 0.6 is 0 Å². The number of carbonyl (C=O) groups is 1. The van der Waals surface area contributed by atoms with Crippen molar-refractivity contribution in [1.82, 2.24) is 0 Å². The van der Waals surface area contributed by atoms with Gasteiger partial charge in [0.15, 0.2) is 11.5 Å². The second kappa shape index (κ2) is 13.7. The van der Waals surface area contributed by atoms with Crippen LogP contribution in [0.4, 0.5) is 0 Å². The van der Waals surface area contributed by atoms with Crippen LogP contribution in [0.3, 0.4) is 0 Å². The molecule has 0 spiro atoms. The van der Waals surface area contributed by atoms with E-state index in [4.69, 9.17) is 18.9 Å². The molecule has 1 aliphatic rings. The van der Waals surface area contributed by atoms with E-state index < -0.39 is 37.3 Å². The van der Waals surface area contributed by atoms with Gasteiger partial charge in [-0.25, -0.2) is 0 Å². The van der Waals surface area contributed by atoms with Gasteiger partial charge in [0.2, 0.25) is 6.29 Å². The van der Waals surface area contributed by atoms with E-state index in [-0.39, 0.29) is 18.3 Å². The standard InChI is InChI=1S/C24H38O9/c1-15(2)8-6-4-5-7-9-20(26)31-14-16-10-11-17(18(12-16)30-3)32-24-23(29)22(28)21(27)19(13-25)33-24/h10-12,15,19,21-25,27-29H,4-9,13-14H2,1-3H3/t19-,21-,22+,23-,24-/m1/s1. The Morgan fingerprint density at radius 2 is 1.76 bits per heavy atom. The predicted molar refractivity (Wildman–Crippen MR) is 120 cm³/mol. The molecule has 9 heteroatoms. The Morgan fingerprint density at radius 1 is 1.03 bits per heavy atom. The first-order chi connectivity index (χ1) is 15.8. The number of unbranched alkanes of at least 4 members (excludes halogenated alkanes) is 3. The summed E-state index contributed by atoms with van der Waals surface area (Å²) in [7, 11) is 1.44. The molecule has 1 aromatic carbocycles. The molecule has 1 aliphatic heterocycles. The monoisotopic (exact) mass is 470 g/mol. The largest absolute Gasteiger partial charge is 0.493 e. The molecule has 2 rings (SSSR count). The quantitative estimate of drug-likeness (QED) is 0.252. The van der Waals surface area contributed by atoms with E-state index in [0.717, 1.165) is 19.3 Å². The summed E-state index contributed by atoms with van der Waals surface area (Å²) in [5, 5.41) is 39.2. The van der Waals surface area contributed by atoms with Gasteiger partial charge in [-0.1, -0.05) is 45.6 Å². The highest BCUT2D eigenvalue weighted by Crippen LogP contribution is 2.32. The van der Waals surface area contributed by atoms with Crippen molar-refractivity contribution in [2.24, 2.45) is 5.92 Å². The van der Waals surface area contributed by atoms with Crippen LogP contribution in [0, 0.1) is 5.92 Å². The number of rotatable bonds is 13. The maximum atomic E-state index is 12.0. The van der Waals surface area contributed by atoms with Gasteiger partial charge in [0.1, 0.15) is 31.0 Å².